The third-order valence-electron chi connectivity index (χ3n) is 4.10. The first kappa shape index (κ1) is 14.3. The van der Waals surface area contributed by atoms with Crippen LogP contribution in [0.5, 0.6) is 0 Å². The number of hydrogen-bond acceptors (Lipinski definition) is 4. The van der Waals surface area contributed by atoms with Gasteiger partial charge < -0.3 is 15.0 Å². The second-order valence-corrected chi connectivity index (χ2v) is 6.38. The number of imidazole rings is 1. The highest BCUT2D eigenvalue weighted by atomic mass is 32.1. The first-order chi connectivity index (χ1) is 10.2. The van der Waals surface area contributed by atoms with E-state index in [1.807, 2.05) is 29.1 Å². The van der Waals surface area contributed by atoms with Crippen molar-refractivity contribution in [2.75, 3.05) is 0 Å². The van der Waals surface area contributed by atoms with Crippen molar-refractivity contribution in [3.63, 3.8) is 0 Å². The minimum atomic E-state index is -0.587. The van der Waals surface area contributed by atoms with Crippen LogP contribution in [0.1, 0.15) is 40.8 Å². The van der Waals surface area contributed by atoms with Crippen molar-refractivity contribution >= 4 is 17.2 Å². The molecule has 2 aromatic rings. The second-order valence-electron chi connectivity index (χ2n) is 5.43. The van der Waals surface area contributed by atoms with Crippen LogP contribution in [0.4, 0.5) is 0 Å². The summed E-state index contributed by atoms with van der Waals surface area (Å²) in [6, 6.07) is 3.43. The van der Waals surface area contributed by atoms with Crippen LogP contribution in [0.25, 0.3) is 0 Å². The lowest BCUT2D eigenvalue weighted by Gasteiger charge is -2.36. The molecule has 0 unspecified atom stereocenters. The van der Waals surface area contributed by atoms with E-state index in [0.29, 0.717) is 4.88 Å². The molecule has 21 heavy (non-hydrogen) atoms. The number of thiophene rings is 1. The zero-order valence-corrected chi connectivity index (χ0v) is 12.7. The van der Waals surface area contributed by atoms with E-state index in [4.69, 9.17) is 0 Å². The van der Waals surface area contributed by atoms with Gasteiger partial charge in [-0.2, -0.15) is 0 Å². The van der Waals surface area contributed by atoms with Crippen LogP contribution in [-0.4, -0.2) is 32.7 Å². The number of nitrogens with one attached hydrogen (secondary N) is 1. The number of aliphatic hydroxyl groups is 1. The van der Waals surface area contributed by atoms with Gasteiger partial charge in [-0.15, -0.1) is 11.3 Å². The molecule has 0 aliphatic heterocycles. The van der Waals surface area contributed by atoms with Crippen molar-refractivity contribution in [2.45, 2.75) is 44.4 Å². The number of aryl methyl sites for hydroxylation is 1. The van der Waals surface area contributed by atoms with Crippen LogP contribution in [-0.2, 0) is 0 Å². The summed E-state index contributed by atoms with van der Waals surface area (Å²) in [6.45, 7) is 1.93. The molecule has 0 saturated heterocycles. The summed E-state index contributed by atoms with van der Waals surface area (Å²) >= 11 is 1.41. The standard InChI is InChI=1S/C15H19N3O2S/c1-10-16-7-8-18(10)12-5-2-4-11(14(12)19)17-15(20)13-6-3-9-21-13/h3,6-9,11-12,14,19H,2,4-5H2,1H3,(H,17,20)/t11-,12-,14-/m1/s1. The Morgan fingerprint density at radius 2 is 2.38 bits per heavy atom. The van der Waals surface area contributed by atoms with Crippen molar-refractivity contribution in [3.8, 4) is 0 Å². The fourth-order valence-electron chi connectivity index (χ4n) is 3.00. The fraction of sp³-hybridized carbons (Fsp3) is 0.467. The predicted molar refractivity (Wildman–Crippen MR) is 81.4 cm³/mol. The summed E-state index contributed by atoms with van der Waals surface area (Å²) in [6.07, 6.45) is 5.75. The van der Waals surface area contributed by atoms with E-state index >= 15 is 0 Å². The van der Waals surface area contributed by atoms with Crippen molar-refractivity contribution in [1.82, 2.24) is 14.9 Å². The topological polar surface area (TPSA) is 67.2 Å². The number of amides is 1. The lowest BCUT2D eigenvalue weighted by molar-refractivity contribution is 0.0393. The third-order valence-corrected chi connectivity index (χ3v) is 4.97. The molecule has 0 radical (unpaired) electrons. The summed E-state index contributed by atoms with van der Waals surface area (Å²) < 4.78 is 2.01. The summed E-state index contributed by atoms with van der Waals surface area (Å²) in [5, 5.41) is 15.5. The molecule has 0 aromatic carbocycles. The Bertz CT molecular complexity index is 608. The highest BCUT2D eigenvalue weighted by molar-refractivity contribution is 7.12. The van der Waals surface area contributed by atoms with Gasteiger partial charge in [-0.3, -0.25) is 4.79 Å². The zero-order valence-electron chi connectivity index (χ0n) is 11.9. The van der Waals surface area contributed by atoms with Crippen molar-refractivity contribution < 1.29 is 9.90 Å². The van der Waals surface area contributed by atoms with Crippen LogP contribution in [0.2, 0.25) is 0 Å². The minimum absolute atomic E-state index is 0.0186. The molecule has 1 saturated carbocycles. The first-order valence-electron chi connectivity index (χ1n) is 7.18. The van der Waals surface area contributed by atoms with Crippen LogP contribution >= 0.6 is 11.3 Å². The van der Waals surface area contributed by atoms with Crippen LogP contribution in [0.15, 0.2) is 29.9 Å². The molecule has 6 heteroatoms. The fourth-order valence-corrected chi connectivity index (χ4v) is 3.63. The predicted octanol–water partition coefficient (Wildman–Crippen LogP) is 2.14. The number of aromatic nitrogens is 2. The summed E-state index contributed by atoms with van der Waals surface area (Å²) in [5.74, 6) is 0.793. The molecule has 1 amide bonds. The molecular weight excluding hydrogens is 286 g/mol. The van der Waals surface area contributed by atoms with Gasteiger partial charge in [-0.05, 0) is 37.6 Å². The number of nitrogens with zero attached hydrogens (tertiary/aromatic N) is 2. The zero-order chi connectivity index (χ0) is 14.8. The highest BCUT2D eigenvalue weighted by Crippen LogP contribution is 2.30. The third kappa shape index (κ3) is 2.87. The van der Waals surface area contributed by atoms with Crippen molar-refractivity contribution in [2.24, 2.45) is 0 Å². The van der Waals surface area contributed by atoms with Gasteiger partial charge in [-0.1, -0.05) is 6.07 Å². The summed E-state index contributed by atoms with van der Waals surface area (Å²) in [5.41, 5.74) is 0. The van der Waals surface area contributed by atoms with Crippen molar-refractivity contribution in [3.05, 3.63) is 40.6 Å². The maximum absolute atomic E-state index is 12.1. The van der Waals surface area contributed by atoms with Gasteiger partial charge in [-0.25, -0.2) is 4.98 Å². The van der Waals surface area contributed by atoms with Gasteiger partial charge >= 0.3 is 0 Å². The molecular formula is C15H19N3O2S. The Morgan fingerprint density at radius 1 is 1.52 bits per heavy atom. The minimum Gasteiger partial charge on any atom is -0.389 e. The average Bonchev–Trinajstić information content (AvgIpc) is 3.12. The molecule has 0 bridgehead atoms. The summed E-state index contributed by atoms with van der Waals surface area (Å²) in [7, 11) is 0. The van der Waals surface area contributed by atoms with E-state index in [-0.39, 0.29) is 18.0 Å². The summed E-state index contributed by atoms with van der Waals surface area (Å²) in [4.78, 5) is 17.1. The van der Waals surface area contributed by atoms with Gasteiger partial charge in [0.2, 0.25) is 0 Å². The molecule has 2 N–H and O–H groups in total. The second kappa shape index (κ2) is 5.99. The molecule has 0 spiro atoms. The normalized spacial score (nSPS) is 25.7. The number of carbonyl (C=O) groups is 1. The first-order valence-corrected chi connectivity index (χ1v) is 8.06. The smallest absolute Gasteiger partial charge is 0.261 e. The number of rotatable bonds is 3. The molecule has 1 aliphatic carbocycles. The maximum Gasteiger partial charge on any atom is 0.261 e. The SMILES string of the molecule is Cc1nccn1[C@@H]1CCC[C@@H](NC(=O)c2cccs2)[C@H]1O. The van der Waals surface area contributed by atoms with E-state index in [1.54, 1.807) is 12.3 Å². The molecule has 2 heterocycles. The van der Waals surface area contributed by atoms with E-state index in [9.17, 15) is 9.90 Å². The molecule has 1 fully saturated rings. The Morgan fingerprint density at radius 3 is 3.05 bits per heavy atom. The molecule has 3 atom stereocenters. The Balaban J connectivity index is 1.72. The van der Waals surface area contributed by atoms with Gasteiger partial charge in [0, 0.05) is 12.4 Å². The Hall–Kier alpha value is -1.66. The van der Waals surface area contributed by atoms with E-state index < -0.39 is 6.10 Å². The van der Waals surface area contributed by atoms with Crippen LogP contribution in [0.3, 0.4) is 0 Å². The molecule has 5 nitrogen and oxygen atoms in total. The lowest BCUT2D eigenvalue weighted by Crippen LogP contribution is -2.49. The molecule has 2 aromatic heterocycles. The van der Waals surface area contributed by atoms with Crippen LogP contribution < -0.4 is 5.32 Å². The van der Waals surface area contributed by atoms with E-state index in [0.717, 1.165) is 25.1 Å². The maximum atomic E-state index is 12.1. The monoisotopic (exact) mass is 305 g/mol. The van der Waals surface area contributed by atoms with Gasteiger partial charge in [0.15, 0.2) is 0 Å². The lowest BCUT2D eigenvalue weighted by atomic mass is 9.87. The highest BCUT2D eigenvalue weighted by Gasteiger charge is 2.34. The average molecular weight is 305 g/mol. The molecule has 1 aliphatic rings. The number of hydrogen-bond donors (Lipinski definition) is 2. The van der Waals surface area contributed by atoms with E-state index in [2.05, 4.69) is 10.3 Å². The van der Waals surface area contributed by atoms with Gasteiger partial charge in [0.25, 0.3) is 5.91 Å². The molecule has 112 valence electrons. The Labute approximate surface area is 127 Å². The number of aliphatic hydroxyl groups excluding tert-OH is 1. The Kier molecular flexibility index (Phi) is 4.07. The van der Waals surface area contributed by atoms with E-state index in [1.165, 1.54) is 11.3 Å². The number of carbonyl (C=O) groups excluding carboxylic acids is 1. The quantitative estimate of drug-likeness (QED) is 0.913. The van der Waals surface area contributed by atoms with Gasteiger partial charge in [0.05, 0.1) is 23.1 Å². The molecule has 3 rings (SSSR count). The van der Waals surface area contributed by atoms with Gasteiger partial charge in [0.1, 0.15) is 5.82 Å². The largest absolute Gasteiger partial charge is 0.389 e. The van der Waals surface area contributed by atoms with Crippen molar-refractivity contribution in [1.29, 1.82) is 0 Å². The van der Waals surface area contributed by atoms with Crippen LogP contribution in [0, 0.1) is 6.92 Å².